The van der Waals surface area contributed by atoms with Crippen LogP contribution in [0.1, 0.15) is 60.3 Å². The lowest BCUT2D eigenvalue weighted by molar-refractivity contribution is 0.243. The number of rotatable bonds is 14. The third-order valence-electron chi connectivity index (χ3n) is 4.26. The monoisotopic (exact) mass is 570 g/mol. The Labute approximate surface area is 250 Å². The van der Waals surface area contributed by atoms with E-state index in [2.05, 4.69) is 33.6 Å². The molecule has 0 unspecified atom stereocenters. The number of unbranched alkanes of at least 4 members (excludes halogenated alkanes) is 2. The van der Waals surface area contributed by atoms with Gasteiger partial charge in [0.05, 0.1) is 52.5 Å². The van der Waals surface area contributed by atoms with Gasteiger partial charge in [-0.2, -0.15) is 0 Å². The van der Waals surface area contributed by atoms with Crippen molar-refractivity contribution in [2.75, 3.05) is 27.4 Å². The van der Waals surface area contributed by atoms with Gasteiger partial charge in [0.25, 0.3) is 0 Å². The quantitative estimate of drug-likeness (QED) is 0.128. The minimum Gasteiger partial charge on any atom is -0.502 e. The van der Waals surface area contributed by atoms with Crippen LogP contribution in [0.2, 0.25) is 0 Å². The molecule has 0 N–H and O–H groups in total. The number of methoxy groups -OCH3 is 2. The molecule has 0 saturated carbocycles. The Morgan fingerprint density at radius 2 is 0.951 bits per heavy atom. The minimum atomic E-state index is 0.765. The molecule has 0 aliphatic heterocycles. The van der Waals surface area contributed by atoms with Crippen molar-refractivity contribution in [1.82, 2.24) is 0 Å². The first-order valence-electron chi connectivity index (χ1n) is 13.8. The molecule has 2 aromatic rings. The van der Waals surface area contributed by atoms with Crippen LogP contribution >= 0.6 is 0 Å². The largest absolute Gasteiger partial charge is 0.502 e. The summed E-state index contributed by atoms with van der Waals surface area (Å²) in [6.07, 6.45) is 16.4. The standard InChI is InChI=1S/C10H12O2.C9H10O2.C7H14O.C6H12O.C3H6/c1-3-8-12-10-6-4-9(11-2)5-7-10;1-3-11-9-6-4-8(10-2)5-7-9;1-3-5-7-8-6-4-2;1-3-5-6-7-4-2;1-3-2/h3-8H,1-2H3;3-7H,1H2,2H3;4,6H,3,5,7H2,1-2H3;4H,2-3,5-6H2,1H3;3H,1H2,2H3/b8-3-;;6-4-;;. The first-order valence-corrected chi connectivity index (χ1v) is 13.8. The molecule has 0 amide bonds. The molecular weight excluding hydrogens is 516 g/mol. The van der Waals surface area contributed by atoms with Gasteiger partial charge in [0.2, 0.25) is 0 Å². The van der Waals surface area contributed by atoms with E-state index in [9.17, 15) is 0 Å². The van der Waals surface area contributed by atoms with E-state index in [-0.39, 0.29) is 0 Å². The van der Waals surface area contributed by atoms with Gasteiger partial charge in [0.1, 0.15) is 23.0 Å². The number of hydrogen-bond acceptors (Lipinski definition) is 6. The average molecular weight is 571 g/mol. The Kier molecular flexibility index (Phi) is 36.3. The Morgan fingerprint density at radius 3 is 1.29 bits per heavy atom. The molecule has 0 aliphatic carbocycles. The van der Waals surface area contributed by atoms with Crippen LogP contribution in [-0.4, -0.2) is 27.4 Å². The van der Waals surface area contributed by atoms with Gasteiger partial charge in [-0.05, 0) is 82.1 Å². The van der Waals surface area contributed by atoms with Crippen molar-refractivity contribution in [3.05, 3.63) is 112 Å². The molecule has 0 atom stereocenters. The third-order valence-corrected chi connectivity index (χ3v) is 4.26. The van der Waals surface area contributed by atoms with Crippen molar-refractivity contribution in [1.29, 1.82) is 0 Å². The topological polar surface area (TPSA) is 55.4 Å². The molecule has 0 heterocycles. The SMILES string of the molecule is C/C=C\OCCCC.C/C=C\Oc1ccc(OC)cc1.C=CC.C=COCCCC.C=COc1ccc(OC)cc1. The molecule has 6 nitrogen and oxygen atoms in total. The van der Waals surface area contributed by atoms with Gasteiger partial charge < -0.3 is 28.4 Å². The van der Waals surface area contributed by atoms with E-state index in [1.54, 1.807) is 32.8 Å². The Hall–Kier alpha value is -4.06. The minimum absolute atomic E-state index is 0.765. The summed E-state index contributed by atoms with van der Waals surface area (Å²) in [5, 5.41) is 0. The smallest absolute Gasteiger partial charge is 0.126 e. The molecule has 0 radical (unpaired) electrons. The van der Waals surface area contributed by atoms with Crippen LogP contribution in [0.5, 0.6) is 23.0 Å². The van der Waals surface area contributed by atoms with Crippen molar-refractivity contribution >= 4 is 0 Å². The molecule has 2 rings (SSSR count). The number of allylic oxidation sites excluding steroid dienone is 3. The second kappa shape index (κ2) is 35.9. The first-order chi connectivity index (χ1) is 20.0. The molecule has 0 spiro atoms. The van der Waals surface area contributed by atoms with E-state index >= 15 is 0 Å². The summed E-state index contributed by atoms with van der Waals surface area (Å²) in [6.45, 7) is 21.9. The van der Waals surface area contributed by atoms with Crippen molar-refractivity contribution < 1.29 is 28.4 Å². The Balaban J connectivity index is -0.000000464. The average Bonchev–Trinajstić information content (AvgIpc) is 3.01. The third kappa shape index (κ3) is 32.1. The van der Waals surface area contributed by atoms with Gasteiger partial charge >= 0.3 is 0 Å². The second-order valence-corrected chi connectivity index (χ2v) is 7.72. The normalized spacial score (nSPS) is 9.05. The Morgan fingerprint density at radius 1 is 0.561 bits per heavy atom. The molecule has 230 valence electrons. The van der Waals surface area contributed by atoms with E-state index in [0.717, 1.165) is 49.1 Å². The molecule has 0 aromatic heterocycles. The maximum Gasteiger partial charge on any atom is 0.126 e. The van der Waals surface area contributed by atoms with Crippen LogP contribution in [0.4, 0.5) is 0 Å². The lowest BCUT2D eigenvalue weighted by Crippen LogP contribution is -1.83. The highest BCUT2D eigenvalue weighted by Gasteiger charge is 1.92. The maximum atomic E-state index is 5.22. The predicted molar refractivity (Wildman–Crippen MR) is 175 cm³/mol. The molecule has 0 aliphatic rings. The van der Waals surface area contributed by atoms with E-state index < -0.39 is 0 Å². The second-order valence-electron chi connectivity index (χ2n) is 7.72. The number of benzene rings is 2. The van der Waals surface area contributed by atoms with Crippen molar-refractivity contribution in [3.8, 4) is 23.0 Å². The van der Waals surface area contributed by atoms with Gasteiger partial charge in [-0.3, -0.25) is 0 Å². The molecular formula is C35H54O6. The van der Waals surface area contributed by atoms with Gasteiger partial charge in [0.15, 0.2) is 0 Å². The van der Waals surface area contributed by atoms with Crippen LogP contribution in [0.15, 0.2) is 112 Å². The fourth-order valence-electron chi connectivity index (χ4n) is 2.25. The highest BCUT2D eigenvalue weighted by atomic mass is 16.5. The summed E-state index contributed by atoms with van der Waals surface area (Å²) in [6, 6.07) is 14.7. The van der Waals surface area contributed by atoms with Crippen LogP contribution in [-0.2, 0) is 9.47 Å². The fourth-order valence-corrected chi connectivity index (χ4v) is 2.25. The summed E-state index contributed by atoms with van der Waals surface area (Å²) in [4.78, 5) is 0. The number of hydrogen-bond donors (Lipinski definition) is 0. The van der Waals surface area contributed by atoms with E-state index in [4.69, 9.17) is 28.4 Å². The molecule has 41 heavy (non-hydrogen) atoms. The van der Waals surface area contributed by atoms with Gasteiger partial charge in [-0.1, -0.05) is 58.1 Å². The zero-order valence-corrected chi connectivity index (χ0v) is 26.5. The first kappa shape index (κ1) is 41.4. The molecule has 2 aromatic carbocycles. The zero-order valence-electron chi connectivity index (χ0n) is 26.5. The van der Waals surface area contributed by atoms with Crippen LogP contribution in [0.3, 0.4) is 0 Å². The van der Waals surface area contributed by atoms with Gasteiger partial charge in [-0.25, -0.2) is 0 Å². The fraction of sp³-hybridized carbons (Fsp3) is 0.371. The lowest BCUT2D eigenvalue weighted by Gasteiger charge is -2.01. The summed E-state index contributed by atoms with van der Waals surface area (Å²) < 4.78 is 30.1. The molecule has 0 bridgehead atoms. The molecule has 6 heteroatoms. The van der Waals surface area contributed by atoms with Crippen LogP contribution in [0, 0.1) is 0 Å². The van der Waals surface area contributed by atoms with Crippen molar-refractivity contribution in [3.63, 3.8) is 0 Å². The predicted octanol–water partition coefficient (Wildman–Crippen LogP) is 10.3. The van der Waals surface area contributed by atoms with E-state index in [1.165, 1.54) is 25.4 Å². The summed E-state index contributed by atoms with van der Waals surface area (Å²) in [5.41, 5.74) is 0. The Bertz CT molecular complexity index is 871. The van der Waals surface area contributed by atoms with Crippen molar-refractivity contribution in [2.45, 2.75) is 60.3 Å². The summed E-state index contributed by atoms with van der Waals surface area (Å²) in [7, 11) is 3.27. The van der Waals surface area contributed by atoms with Crippen LogP contribution in [0.25, 0.3) is 0 Å². The van der Waals surface area contributed by atoms with Crippen molar-refractivity contribution in [2.24, 2.45) is 0 Å². The van der Waals surface area contributed by atoms with Gasteiger partial charge in [0, 0.05) is 0 Å². The maximum absolute atomic E-state index is 5.22. The zero-order chi connectivity index (χ0) is 31.4. The van der Waals surface area contributed by atoms with Crippen LogP contribution < -0.4 is 18.9 Å². The summed E-state index contributed by atoms with van der Waals surface area (Å²) >= 11 is 0. The van der Waals surface area contributed by atoms with E-state index in [1.807, 2.05) is 81.5 Å². The lowest BCUT2D eigenvalue weighted by atomic mass is 10.3. The molecule has 0 fully saturated rings. The highest BCUT2D eigenvalue weighted by molar-refractivity contribution is 5.32. The van der Waals surface area contributed by atoms with Gasteiger partial charge in [-0.15, -0.1) is 6.58 Å². The molecule has 0 saturated heterocycles. The number of ether oxygens (including phenoxy) is 6. The van der Waals surface area contributed by atoms with E-state index in [0.29, 0.717) is 0 Å². The summed E-state index contributed by atoms with van der Waals surface area (Å²) in [5.74, 6) is 3.24. The highest BCUT2D eigenvalue weighted by Crippen LogP contribution is 2.17.